The van der Waals surface area contributed by atoms with Gasteiger partial charge in [-0.3, -0.25) is 5.73 Å². The number of aliphatic hydroxyl groups excluding tert-OH is 1. The number of rotatable bonds is 3. The molecule has 0 bridgehead atoms. The van der Waals surface area contributed by atoms with Gasteiger partial charge in [0.2, 0.25) is 0 Å². The Bertz CT molecular complexity index is 236. The molecule has 1 aromatic rings. The van der Waals surface area contributed by atoms with Crippen molar-refractivity contribution in [3.63, 3.8) is 0 Å². The molecule has 0 radical (unpaired) electrons. The van der Waals surface area contributed by atoms with Crippen molar-refractivity contribution in [3.05, 3.63) is 35.9 Å². The maximum absolute atomic E-state index is 13.0. The zero-order chi connectivity index (χ0) is 9.03. The lowest BCUT2D eigenvalue weighted by Gasteiger charge is -2.16. The van der Waals surface area contributed by atoms with Crippen LogP contribution in [0.15, 0.2) is 30.3 Å². The van der Waals surface area contributed by atoms with Crippen LogP contribution in [0, 0.1) is 0 Å². The minimum absolute atomic E-state index is 0.0460. The molecule has 3 heteroatoms. The lowest BCUT2D eigenvalue weighted by molar-refractivity contribution is 0.0771. The first-order chi connectivity index (χ1) is 5.64. The molecule has 0 spiro atoms. The number of hydrogen-bond acceptors (Lipinski definition) is 2. The van der Waals surface area contributed by atoms with Crippen molar-refractivity contribution < 1.29 is 9.50 Å². The van der Waals surface area contributed by atoms with Crippen molar-refractivity contribution in [2.75, 3.05) is 6.61 Å². The Morgan fingerprint density at radius 2 is 1.92 bits per heavy atom. The zero-order valence-electron chi connectivity index (χ0n) is 6.70. The highest BCUT2D eigenvalue weighted by atomic mass is 19.1. The van der Waals surface area contributed by atoms with Crippen LogP contribution in [0.4, 0.5) is 4.39 Å². The highest BCUT2D eigenvalue weighted by molar-refractivity contribution is 5.16. The van der Waals surface area contributed by atoms with Gasteiger partial charge in [0.25, 0.3) is 0 Å². The summed E-state index contributed by atoms with van der Waals surface area (Å²) in [5, 5.41) is 8.56. The molecule has 2 nitrogen and oxygen atoms in total. The molecule has 12 heavy (non-hydrogen) atoms. The lowest BCUT2D eigenvalue weighted by Crippen LogP contribution is -2.40. The third-order valence-electron chi connectivity index (χ3n) is 1.60. The van der Waals surface area contributed by atoms with Gasteiger partial charge in [-0.1, -0.05) is 30.3 Å². The molecule has 0 heterocycles. The first kappa shape index (κ1) is 9.16. The van der Waals surface area contributed by atoms with Gasteiger partial charge < -0.3 is 5.11 Å². The maximum atomic E-state index is 13.0. The molecule has 0 aliphatic heterocycles. The van der Waals surface area contributed by atoms with E-state index in [-0.39, 0.29) is 6.42 Å². The van der Waals surface area contributed by atoms with E-state index in [1.165, 1.54) is 0 Å². The molecule has 0 aliphatic carbocycles. The third kappa shape index (κ3) is 2.60. The zero-order valence-corrected chi connectivity index (χ0v) is 6.70. The van der Waals surface area contributed by atoms with Gasteiger partial charge in [0.05, 0.1) is 6.61 Å². The molecule has 0 fully saturated rings. The number of alkyl halides is 1. The molecule has 1 unspecified atom stereocenters. The van der Waals surface area contributed by atoms with Gasteiger partial charge in [-0.25, -0.2) is 4.39 Å². The summed E-state index contributed by atoms with van der Waals surface area (Å²) in [4.78, 5) is 0. The molecular weight excluding hydrogens is 157 g/mol. The Kier molecular flexibility index (Phi) is 2.78. The molecule has 1 atom stereocenters. The van der Waals surface area contributed by atoms with E-state index in [1.807, 2.05) is 18.2 Å². The molecule has 0 aliphatic rings. The second-order valence-corrected chi connectivity index (χ2v) is 2.86. The number of benzene rings is 1. The van der Waals surface area contributed by atoms with Crippen LogP contribution < -0.4 is 5.73 Å². The Hall–Kier alpha value is -0.930. The summed E-state index contributed by atoms with van der Waals surface area (Å²) in [5.74, 6) is -2.00. The molecule has 0 saturated carbocycles. The Morgan fingerprint density at radius 3 is 2.42 bits per heavy atom. The van der Waals surface area contributed by atoms with Crippen LogP contribution in [0.1, 0.15) is 5.56 Å². The number of aliphatic hydroxyl groups is 1. The van der Waals surface area contributed by atoms with Crippen molar-refractivity contribution in [2.45, 2.75) is 12.2 Å². The fraction of sp³-hybridized carbons (Fsp3) is 0.333. The average molecular weight is 169 g/mol. The standard InChI is InChI=1S/C9H12FNO/c10-9(11,7-12)6-8-4-2-1-3-5-8/h1-5,12H,6-7,11H2. The highest BCUT2D eigenvalue weighted by Crippen LogP contribution is 2.11. The van der Waals surface area contributed by atoms with Crippen LogP contribution >= 0.6 is 0 Å². The van der Waals surface area contributed by atoms with E-state index >= 15 is 0 Å². The Balaban J connectivity index is 2.64. The van der Waals surface area contributed by atoms with Gasteiger partial charge in [0.1, 0.15) is 0 Å². The van der Waals surface area contributed by atoms with Gasteiger partial charge in [0.15, 0.2) is 5.79 Å². The van der Waals surface area contributed by atoms with Crippen molar-refractivity contribution in [2.24, 2.45) is 5.73 Å². The predicted molar refractivity (Wildman–Crippen MR) is 45.3 cm³/mol. The van der Waals surface area contributed by atoms with Gasteiger partial charge in [0, 0.05) is 6.42 Å². The summed E-state index contributed by atoms with van der Waals surface area (Å²) < 4.78 is 13.0. The van der Waals surface area contributed by atoms with Gasteiger partial charge >= 0.3 is 0 Å². The van der Waals surface area contributed by atoms with Gasteiger partial charge in [-0.05, 0) is 5.56 Å². The Morgan fingerprint density at radius 1 is 1.33 bits per heavy atom. The third-order valence-corrected chi connectivity index (χ3v) is 1.60. The van der Waals surface area contributed by atoms with Crippen LogP contribution in [0.25, 0.3) is 0 Å². The van der Waals surface area contributed by atoms with Crippen molar-refractivity contribution in [1.82, 2.24) is 0 Å². The summed E-state index contributed by atoms with van der Waals surface area (Å²) in [6.45, 7) is -0.651. The maximum Gasteiger partial charge on any atom is 0.186 e. The first-order valence-electron chi connectivity index (χ1n) is 3.77. The molecule has 66 valence electrons. The van der Waals surface area contributed by atoms with E-state index in [2.05, 4.69) is 0 Å². The van der Waals surface area contributed by atoms with E-state index in [1.54, 1.807) is 12.1 Å². The quantitative estimate of drug-likeness (QED) is 0.659. The molecule has 0 saturated heterocycles. The smallest absolute Gasteiger partial charge is 0.186 e. The van der Waals surface area contributed by atoms with Crippen molar-refractivity contribution in [3.8, 4) is 0 Å². The summed E-state index contributed by atoms with van der Waals surface area (Å²) in [6.07, 6.45) is 0.0460. The van der Waals surface area contributed by atoms with Crippen LogP contribution in [0.5, 0.6) is 0 Å². The summed E-state index contributed by atoms with van der Waals surface area (Å²) in [7, 11) is 0. The average Bonchev–Trinajstić information content (AvgIpc) is 2.06. The normalized spacial score (nSPS) is 15.6. The molecular formula is C9H12FNO. The monoisotopic (exact) mass is 169 g/mol. The van der Waals surface area contributed by atoms with Gasteiger partial charge in [-0.2, -0.15) is 0 Å². The topological polar surface area (TPSA) is 46.2 Å². The minimum atomic E-state index is -2.00. The van der Waals surface area contributed by atoms with Gasteiger partial charge in [-0.15, -0.1) is 0 Å². The number of hydrogen-bond donors (Lipinski definition) is 2. The largest absolute Gasteiger partial charge is 0.392 e. The molecule has 0 amide bonds. The molecule has 1 aromatic carbocycles. The second kappa shape index (κ2) is 3.65. The summed E-state index contributed by atoms with van der Waals surface area (Å²) in [5.41, 5.74) is 5.92. The van der Waals surface area contributed by atoms with E-state index in [4.69, 9.17) is 10.8 Å². The van der Waals surface area contributed by atoms with E-state index in [9.17, 15) is 4.39 Å². The molecule has 0 aromatic heterocycles. The van der Waals surface area contributed by atoms with Crippen LogP contribution in [-0.2, 0) is 6.42 Å². The molecule has 3 N–H and O–H groups in total. The lowest BCUT2D eigenvalue weighted by atomic mass is 10.1. The second-order valence-electron chi connectivity index (χ2n) is 2.86. The Labute approximate surface area is 70.8 Å². The first-order valence-corrected chi connectivity index (χ1v) is 3.77. The van der Waals surface area contributed by atoms with E-state index in [0.717, 1.165) is 5.56 Å². The number of halogens is 1. The fourth-order valence-corrected chi connectivity index (χ4v) is 0.991. The van der Waals surface area contributed by atoms with E-state index in [0.29, 0.717) is 0 Å². The molecule has 1 rings (SSSR count). The number of nitrogens with two attached hydrogens (primary N) is 1. The highest BCUT2D eigenvalue weighted by Gasteiger charge is 2.22. The van der Waals surface area contributed by atoms with Crippen LogP contribution in [0.3, 0.4) is 0 Å². The summed E-state index contributed by atoms with van der Waals surface area (Å²) in [6, 6.07) is 9.01. The van der Waals surface area contributed by atoms with Crippen LogP contribution in [0.2, 0.25) is 0 Å². The fourth-order valence-electron chi connectivity index (χ4n) is 0.991. The van der Waals surface area contributed by atoms with Crippen LogP contribution in [-0.4, -0.2) is 17.5 Å². The van der Waals surface area contributed by atoms with Crippen molar-refractivity contribution in [1.29, 1.82) is 0 Å². The van der Waals surface area contributed by atoms with E-state index < -0.39 is 12.4 Å². The predicted octanol–water partition coefficient (Wildman–Crippen LogP) is 0.846. The summed E-state index contributed by atoms with van der Waals surface area (Å²) >= 11 is 0. The van der Waals surface area contributed by atoms with Crippen molar-refractivity contribution >= 4 is 0 Å². The SMILES string of the molecule is NC(F)(CO)Cc1ccccc1. The minimum Gasteiger partial charge on any atom is -0.392 e.